The Labute approximate surface area is 232 Å². The van der Waals surface area contributed by atoms with Crippen molar-refractivity contribution in [3.8, 4) is 5.69 Å². The Morgan fingerprint density at radius 1 is 0.974 bits per heavy atom. The standard InChI is InChI=1S/C28H26Cl2N4O3S/c1-19-15-23(20(2)34(19)25-13-14-26(29)27(30)16-25)17-31-32-28(35)22-9-11-24(12-10-22)33(38(3,36)37)18-21-7-5-4-6-8-21/h4-17H,18H2,1-3H3,(H,32,35)/b31-17+. The maximum Gasteiger partial charge on any atom is 0.271 e. The van der Waals surface area contributed by atoms with Gasteiger partial charge >= 0.3 is 0 Å². The predicted octanol–water partition coefficient (Wildman–Crippen LogP) is 6.13. The van der Waals surface area contributed by atoms with Crippen LogP contribution in [0.15, 0.2) is 84.0 Å². The van der Waals surface area contributed by atoms with E-state index < -0.39 is 15.9 Å². The number of sulfonamides is 1. The van der Waals surface area contributed by atoms with Gasteiger partial charge < -0.3 is 4.57 Å². The number of hydrogen-bond acceptors (Lipinski definition) is 4. The molecule has 4 rings (SSSR count). The lowest BCUT2D eigenvalue weighted by Crippen LogP contribution is -2.29. The zero-order chi connectivity index (χ0) is 27.4. The van der Waals surface area contributed by atoms with Crippen molar-refractivity contribution in [3.05, 3.63) is 117 Å². The van der Waals surface area contributed by atoms with E-state index in [2.05, 4.69) is 10.5 Å². The normalized spacial score (nSPS) is 11.6. The van der Waals surface area contributed by atoms with Crippen LogP contribution in [0.2, 0.25) is 10.0 Å². The summed E-state index contributed by atoms with van der Waals surface area (Å²) in [5.74, 6) is -0.417. The zero-order valence-electron chi connectivity index (χ0n) is 21.0. The Balaban J connectivity index is 1.47. The summed E-state index contributed by atoms with van der Waals surface area (Å²) in [4.78, 5) is 12.7. The van der Waals surface area contributed by atoms with Gasteiger partial charge in [-0.25, -0.2) is 13.8 Å². The molecule has 3 aromatic carbocycles. The number of carbonyl (C=O) groups excluding carboxylic acids is 1. The van der Waals surface area contributed by atoms with E-state index >= 15 is 0 Å². The lowest BCUT2D eigenvalue weighted by atomic mass is 10.2. The molecular weight excluding hydrogens is 543 g/mol. The first-order valence-corrected chi connectivity index (χ1v) is 14.2. The molecule has 0 atom stereocenters. The molecule has 1 N–H and O–H groups in total. The third kappa shape index (κ3) is 6.27. The quantitative estimate of drug-likeness (QED) is 0.205. The second-order valence-corrected chi connectivity index (χ2v) is 11.5. The van der Waals surface area contributed by atoms with Crippen LogP contribution < -0.4 is 9.73 Å². The molecule has 0 fully saturated rings. The molecule has 38 heavy (non-hydrogen) atoms. The summed E-state index contributed by atoms with van der Waals surface area (Å²) in [5, 5.41) is 5.06. The van der Waals surface area contributed by atoms with E-state index in [1.54, 1.807) is 42.6 Å². The van der Waals surface area contributed by atoms with Gasteiger partial charge in [-0.1, -0.05) is 53.5 Å². The van der Waals surface area contributed by atoms with Gasteiger partial charge in [0.25, 0.3) is 5.91 Å². The minimum Gasteiger partial charge on any atom is -0.318 e. The van der Waals surface area contributed by atoms with Crippen LogP contribution in [0.5, 0.6) is 0 Å². The van der Waals surface area contributed by atoms with E-state index in [1.807, 2.05) is 60.9 Å². The molecular formula is C28H26Cl2N4O3S. The van der Waals surface area contributed by atoms with Gasteiger partial charge in [0.05, 0.1) is 34.7 Å². The van der Waals surface area contributed by atoms with Gasteiger partial charge in [0, 0.05) is 28.2 Å². The first-order chi connectivity index (χ1) is 18.0. The number of anilines is 1. The summed E-state index contributed by atoms with van der Waals surface area (Å²) in [7, 11) is -3.53. The van der Waals surface area contributed by atoms with Crippen molar-refractivity contribution in [1.82, 2.24) is 9.99 Å². The van der Waals surface area contributed by atoms with Gasteiger partial charge in [0.15, 0.2) is 0 Å². The third-order valence-corrected chi connectivity index (χ3v) is 7.87. The van der Waals surface area contributed by atoms with Crippen molar-refractivity contribution >= 4 is 51.0 Å². The van der Waals surface area contributed by atoms with Crippen molar-refractivity contribution < 1.29 is 13.2 Å². The highest BCUT2D eigenvalue weighted by molar-refractivity contribution is 7.92. The van der Waals surface area contributed by atoms with Crippen molar-refractivity contribution in [3.63, 3.8) is 0 Å². The molecule has 0 spiro atoms. The van der Waals surface area contributed by atoms with Crippen LogP contribution in [0.1, 0.15) is 32.9 Å². The van der Waals surface area contributed by atoms with E-state index in [0.717, 1.165) is 34.5 Å². The molecule has 4 aromatic rings. The van der Waals surface area contributed by atoms with Gasteiger partial charge in [-0.2, -0.15) is 5.10 Å². The number of benzene rings is 3. The predicted molar refractivity (Wildman–Crippen MR) is 154 cm³/mol. The van der Waals surface area contributed by atoms with Crippen LogP contribution in [-0.2, 0) is 16.6 Å². The van der Waals surface area contributed by atoms with Crippen LogP contribution >= 0.6 is 23.2 Å². The number of carbonyl (C=O) groups is 1. The number of aryl methyl sites for hydroxylation is 1. The van der Waals surface area contributed by atoms with E-state index in [0.29, 0.717) is 21.3 Å². The summed E-state index contributed by atoms with van der Waals surface area (Å²) >= 11 is 12.2. The average Bonchev–Trinajstić information content (AvgIpc) is 3.17. The fraction of sp³-hybridized carbons (Fsp3) is 0.143. The van der Waals surface area contributed by atoms with Crippen LogP contribution in [0.4, 0.5) is 5.69 Å². The maximum atomic E-state index is 12.7. The van der Waals surface area contributed by atoms with Crippen LogP contribution in [0.3, 0.4) is 0 Å². The van der Waals surface area contributed by atoms with Crippen molar-refractivity contribution in [2.45, 2.75) is 20.4 Å². The second kappa shape index (κ2) is 11.4. The average molecular weight is 570 g/mol. The second-order valence-electron chi connectivity index (χ2n) is 8.76. The molecule has 0 bridgehead atoms. The van der Waals surface area contributed by atoms with Gasteiger partial charge in [0.2, 0.25) is 10.0 Å². The number of amides is 1. The molecule has 196 valence electrons. The van der Waals surface area contributed by atoms with E-state index in [1.165, 1.54) is 4.31 Å². The first-order valence-electron chi connectivity index (χ1n) is 11.6. The molecule has 7 nitrogen and oxygen atoms in total. The van der Waals surface area contributed by atoms with E-state index in [-0.39, 0.29) is 6.54 Å². The summed E-state index contributed by atoms with van der Waals surface area (Å²) < 4.78 is 28.2. The monoisotopic (exact) mass is 568 g/mol. The number of hydrazone groups is 1. The number of hydrogen-bond donors (Lipinski definition) is 1. The molecule has 1 aromatic heterocycles. The SMILES string of the molecule is Cc1cc(/C=N/NC(=O)c2ccc(N(Cc3ccccc3)S(C)(=O)=O)cc2)c(C)n1-c1ccc(Cl)c(Cl)c1. The molecule has 1 amide bonds. The molecule has 0 aliphatic carbocycles. The van der Waals surface area contributed by atoms with Crippen molar-refractivity contribution in [1.29, 1.82) is 0 Å². The highest BCUT2D eigenvalue weighted by atomic mass is 35.5. The molecule has 0 aliphatic heterocycles. The van der Waals surface area contributed by atoms with E-state index in [9.17, 15) is 13.2 Å². The topological polar surface area (TPSA) is 83.8 Å². The molecule has 0 saturated carbocycles. The smallest absolute Gasteiger partial charge is 0.271 e. The Morgan fingerprint density at radius 3 is 2.29 bits per heavy atom. The lowest BCUT2D eigenvalue weighted by molar-refractivity contribution is 0.0955. The number of aromatic nitrogens is 1. The van der Waals surface area contributed by atoms with Gasteiger partial charge in [-0.05, 0) is 67.9 Å². The highest BCUT2D eigenvalue weighted by Crippen LogP contribution is 2.27. The Bertz CT molecular complexity index is 1600. The summed E-state index contributed by atoms with van der Waals surface area (Å²) in [6.45, 7) is 4.10. The third-order valence-electron chi connectivity index (χ3n) is 5.99. The minimum atomic E-state index is -3.53. The molecule has 0 unspecified atom stereocenters. The molecule has 1 heterocycles. The largest absolute Gasteiger partial charge is 0.318 e. The van der Waals surface area contributed by atoms with Gasteiger partial charge in [-0.15, -0.1) is 0 Å². The van der Waals surface area contributed by atoms with Crippen molar-refractivity contribution in [2.75, 3.05) is 10.6 Å². The Kier molecular flexibility index (Phi) is 8.26. The van der Waals surface area contributed by atoms with Crippen LogP contribution in [-0.4, -0.2) is 31.4 Å². The maximum absolute atomic E-state index is 12.7. The summed E-state index contributed by atoms with van der Waals surface area (Å²) in [6, 6.07) is 23.0. The number of halogens is 2. The van der Waals surface area contributed by atoms with E-state index in [4.69, 9.17) is 23.2 Å². The first kappa shape index (κ1) is 27.4. The molecule has 10 heteroatoms. The number of nitrogens with zero attached hydrogens (tertiary/aromatic N) is 3. The Hall–Kier alpha value is -3.59. The number of nitrogens with one attached hydrogen (secondary N) is 1. The minimum absolute atomic E-state index is 0.191. The highest BCUT2D eigenvalue weighted by Gasteiger charge is 2.18. The molecule has 0 aliphatic rings. The number of rotatable bonds is 8. The summed E-state index contributed by atoms with van der Waals surface area (Å²) in [5.41, 5.74) is 7.78. The van der Waals surface area contributed by atoms with Gasteiger partial charge in [-0.3, -0.25) is 9.10 Å². The lowest BCUT2D eigenvalue weighted by Gasteiger charge is -2.22. The van der Waals surface area contributed by atoms with Crippen LogP contribution in [0.25, 0.3) is 5.69 Å². The fourth-order valence-electron chi connectivity index (χ4n) is 4.09. The van der Waals surface area contributed by atoms with Gasteiger partial charge in [0.1, 0.15) is 0 Å². The zero-order valence-corrected chi connectivity index (χ0v) is 23.3. The molecule has 0 radical (unpaired) electrons. The Morgan fingerprint density at radius 2 is 1.66 bits per heavy atom. The van der Waals surface area contributed by atoms with Crippen molar-refractivity contribution in [2.24, 2.45) is 5.10 Å². The summed E-state index contributed by atoms with van der Waals surface area (Å²) in [6.07, 6.45) is 2.73. The fourth-order valence-corrected chi connectivity index (χ4v) is 5.27. The van der Waals surface area contributed by atoms with Crippen LogP contribution in [0, 0.1) is 13.8 Å². The molecule has 0 saturated heterocycles.